The van der Waals surface area contributed by atoms with Gasteiger partial charge >= 0.3 is 0 Å². The van der Waals surface area contributed by atoms with E-state index in [1.807, 2.05) is 23.1 Å². The molecule has 1 aliphatic rings. The first-order chi connectivity index (χ1) is 8.18. The van der Waals surface area contributed by atoms with Gasteiger partial charge < -0.3 is 9.80 Å². The molecule has 17 heavy (non-hydrogen) atoms. The van der Waals surface area contributed by atoms with Crippen molar-refractivity contribution >= 4 is 43.5 Å². The fourth-order valence-corrected chi connectivity index (χ4v) is 2.54. The summed E-state index contributed by atoms with van der Waals surface area (Å²) in [6.07, 6.45) is 0. The predicted molar refractivity (Wildman–Crippen MR) is 76.9 cm³/mol. The average molecular weight is 362 g/mol. The minimum atomic E-state index is -0.265. The molecule has 2 rings (SSSR count). The Balaban J connectivity index is 1.93. The molecule has 0 spiro atoms. The van der Waals surface area contributed by atoms with Crippen LogP contribution in [0.4, 0.5) is 5.69 Å². The molecule has 0 atom stereocenters. The fraction of sp³-hybridized carbons (Fsp3) is 0.417. The van der Waals surface area contributed by atoms with E-state index in [9.17, 15) is 4.79 Å². The highest BCUT2D eigenvalue weighted by Gasteiger charge is 2.24. The molecule has 1 amide bonds. The van der Waals surface area contributed by atoms with Crippen molar-refractivity contribution in [2.75, 3.05) is 31.1 Å². The van der Waals surface area contributed by atoms with Crippen LogP contribution in [0.1, 0.15) is 0 Å². The van der Waals surface area contributed by atoms with E-state index >= 15 is 0 Å². The predicted octanol–water partition coefficient (Wildman–Crippen LogP) is 2.45. The first-order valence-electron chi connectivity index (χ1n) is 5.55. The average Bonchev–Trinajstić information content (AvgIpc) is 2.39. The van der Waals surface area contributed by atoms with Gasteiger partial charge in [-0.05, 0) is 12.1 Å². The summed E-state index contributed by atoms with van der Waals surface area (Å²) in [6, 6.07) is 10.3. The second-order valence-electron chi connectivity index (χ2n) is 3.95. The van der Waals surface area contributed by atoms with Crippen molar-refractivity contribution in [3.8, 4) is 0 Å². The molecule has 1 saturated heterocycles. The zero-order valence-electron chi connectivity index (χ0n) is 9.35. The fourth-order valence-electron chi connectivity index (χ4n) is 1.96. The Morgan fingerprint density at radius 1 is 1.06 bits per heavy atom. The van der Waals surface area contributed by atoms with Gasteiger partial charge in [-0.1, -0.05) is 50.1 Å². The molecule has 0 radical (unpaired) electrons. The number of carbonyl (C=O) groups excluding carboxylic acids is 1. The van der Waals surface area contributed by atoms with Crippen LogP contribution in [0.2, 0.25) is 0 Å². The first-order valence-corrected chi connectivity index (χ1v) is 7.38. The van der Waals surface area contributed by atoms with Crippen molar-refractivity contribution in [3.63, 3.8) is 0 Å². The summed E-state index contributed by atoms with van der Waals surface area (Å²) in [5.74, 6) is 0.109. The number of amides is 1. The van der Waals surface area contributed by atoms with Crippen LogP contribution in [-0.2, 0) is 4.79 Å². The summed E-state index contributed by atoms with van der Waals surface area (Å²) in [5, 5.41) is 0. The minimum absolute atomic E-state index is 0.109. The van der Waals surface area contributed by atoms with E-state index in [0.29, 0.717) is 0 Å². The van der Waals surface area contributed by atoms with Crippen molar-refractivity contribution in [2.45, 2.75) is 3.74 Å². The number of hydrogen-bond acceptors (Lipinski definition) is 2. The molecule has 0 saturated carbocycles. The molecule has 1 aromatic carbocycles. The largest absolute Gasteiger partial charge is 0.368 e. The smallest absolute Gasteiger partial charge is 0.247 e. The third kappa shape index (κ3) is 3.22. The van der Waals surface area contributed by atoms with E-state index in [0.717, 1.165) is 26.2 Å². The lowest BCUT2D eigenvalue weighted by Gasteiger charge is -2.36. The summed E-state index contributed by atoms with van der Waals surface area (Å²) < 4.78 is -0.265. The number of anilines is 1. The van der Waals surface area contributed by atoms with Gasteiger partial charge in [-0.3, -0.25) is 4.79 Å². The van der Waals surface area contributed by atoms with Gasteiger partial charge in [0.15, 0.2) is 0 Å². The standard InChI is InChI=1S/C12H14Br2N2O/c13-11(14)12(17)16-8-6-15(7-9-16)10-4-2-1-3-5-10/h1-5,11H,6-9H2. The van der Waals surface area contributed by atoms with Crippen LogP contribution in [0.15, 0.2) is 30.3 Å². The van der Waals surface area contributed by atoms with Gasteiger partial charge in [0.25, 0.3) is 0 Å². The number of piperazine rings is 1. The SMILES string of the molecule is O=C(C(Br)Br)N1CCN(c2ccccc2)CC1. The molecule has 1 aromatic rings. The highest BCUT2D eigenvalue weighted by molar-refractivity contribution is 9.25. The van der Waals surface area contributed by atoms with E-state index in [1.165, 1.54) is 5.69 Å². The number of carbonyl (C=O) groups is 1. The van der Waals surface area contributed by atoms with Crippen LogP contribution in [0, 0.1) is 0 Å². The number of para-hydroxylation sites is 1. The third-order valence-electron chi connectivity index (χ3n) is 2.90. The molecule has 5 heteroatoms. The molecular formula is C12H14Br2N2O. The zero-order chi connectivity index (χ0) is 12.3. The molecule has 1 heterocycles. The van der Waals surface area contributed by atoms with Crippen LogP contribution in [-0.4, -0.2) is 40.7 Å². The van der Waals surface area contributed by atoms with Gasteiger partial charge in [-0.15, -0.1) is 0 Å². The first kappa shape index (κ1) is 12.9. The van der Waals surface area contributed by atoms with Crippen LogP contribution in [0.5, 0.6) is 0 Å². The number of halogens is 2. The Bertz CT molecular complexity index is 375. The Morgan fingerprint density at radius 3 is 2.18 bits per heavy atom. The molecule has 0 aromatic heterocycles. The quantitative estimate of drug-likeness (QED) is 0.755. The summed E-state index contributed by atoms with van der Waals surface area (Å²) in [7, 11) is 0. The second kappa shape index (κ2) is 5.87. The molecule has 0 N–H and O–H groups in total. The van der Waals surface area contributed by atoms with Crippen molar-refractivity contribution in [2.24, 2.45) is 0 Å². The van der Waals surface area contributed by atoms with Crippen LogP contribution in [0.25, 0.3) is 0 Å². The molecule has 3 nitrogen and oxygen atoms in total. The molecular weight excluding hydrogens is 348 g/mol. The number of nitrogens with zero attached hydrogens (tertiary/aromatic N) is 2. The number of rotatable bonds is 2. The third-order valence-corrected chi connectivity index (χ3v) is 3.68. The van der Waals surface area contributed by atoms with E-state index in [4.69, 9.17) is 0 Å². The summed E-state index contributed by atoms with van der Waals surface area (Å²) in [4.78, 5) is 15.9. The maximum Gasteiger partial charge on any atom is 0.247 e. The Morgan fingerprint density at radius 2 is 1.65 bits per heavy atom. The Hall–Kier alpha value is -0.550. The van der Waals surface area contributed by atoms with E-state index < -0.39 is 0 Å². The topological polar surface area (TPSA) is 23.6 Å². The maximum atomic E-state index is 11.8. The van der Waals surface area contributed by atoms with Gasteiger partial charge in [0, 0.05) is 31.9 Å². The van der Waals surface area contributed by atoms with Crippen molar-refractivity contribution in [3.05, 3.63) is 30.3 Å². The minimum Gasteiger partial charge on any atom is -0.368 e. The Kier molecular flexibility index (Phi) is 4.45. The molecule has 0 bridgehead atoms. The lowest BCUT2D eigenvalue weighted by molar-refractivity contribution is -0.129. The molecule has 0 aliphatic carbocycles. The highest BCUT2D eigenvalue weighted by Crippen LogP contribution is 2.18. The lowest BCUT2D eigenvalue weighted by atomic mass is 10.2. The van der Waals surface area contributed by atoms with Crippen molar-refractivity contribution < 1.29 is 4.79 Å². The van der Waals surface area contributed by atoms with E-state index in [1.54, 1.807) is 0 Å². The van der Waals surface area contributed by atoms with Gasteiger partial charge in [-0.2, -0.15) is 0 Å². The number of benzene rings is 1. The molecule has 0 unspecified atom stereocenters. The van der Waals surface area contributed by atoms with Crippen molar-refractivity contribution in [1.82, 2.24) is 4.90 Å². The summed E-state index contributed by atoms with van der Waals surface area (Å²) in [5.41, 5.74) is 1.23. The summed E-state index contributed by atoms with van der Waals surface area (Å²) in [6.45, 7) is 3.34. The zero-order valence-corrected chi connectivity index (χ0v) is 12.5. The normalized spacial score (nSPS) is 16.4. The number of alkyl halides is 2. The van der Waals surface area contributed by atoms with Gasteiger partial charge in [0.2, 0.25) is 5.91 Å². The highest BCUT2D eigenvalue weighted by atomic mass is 79.9. The number of hydrogen-bond donors (Lipinski definition) is 0. The Labute approximate surface area is 118 Å². The van der Waals surface area contributed by atoms with Gasteiger partial charge in [-0.25, -0.2) is 0 Å². The second-order valence-corrected chi connectivity index (χ2v) is 7.01. The summed E-state index contributed by atoms with van der Waals surface area (Å²) >= 11 is 6.49. The van der Waals surface area contributed by atoms with Gasteiger partial charge in [0.05, 0.1) is 0 Å². The van der Waals surface area contributed by atoms with E-state index in [-0.39, 0.29) is 9.64 Å². The van der Waals surface area contributed by atoms with Crippen molar-refractivity contribution in [1.29, 1.82) is 0 Å². The lowest BCUT2D eigenvalue weighted by Crippen LogP contribution is -2.50. The van der Waals surface area contributed by atoms with Crippen LogP contribution < -0.4 is 4.90 Å². The molecule has 1 fully saturated rings. The van der Waals surface area contributed by atoms with Crippen LogP contribution >= 0.6 is 31.9 Å². The van der Waals surface area contributed by atoms with Crippen LogP contribution in [0.3, 0.4) is 0 Å². The molecule has 1 aliphatic heterocycles. The monoisotopic (exact) mass is 360 g/mol. The van der Waals surface area contributed by atoms with Gasteiger partial charge in [0.1, 0.15) is 3.74 Å². The van der Waals surface area contributed by atoms with E-state index in [2.05, 4.69) is 48.9 Å². The maximum absolute atomic E-state index is 11.8. The molecule has 92 valence electrons.